The van der Waals surface area contributed by atoms with E-state index in [1.165, 1.54) is 6.07 Å². The van der Waals surface area contributed by atoms with E-state index in [-0.39, 0.29) is 25.4 Å². The molecule has 180 valence electrons. The molecule has 1 atom stereocenters. The Balaban J connectivity index is 1.34. The summed E-state index contributed by atoms with van der Waals surface area (Å²) < 4.78 is 5.38. The monoisotopic (exact) mass is 512 g/mol. The molecule has 1 unspecified atom stereocenters. The van der Waals surface area contributed by atoms with Crippen LogP contribution in [0.1, 0.15) is 41.4 Å². The summed E-state index contributed by atoms with van der Waals surface area (Å²) in [6.07, 6.45) is -1.33. The lowest BCUT2D eigenvalue weighted by atomic mass is 9.92. The van der Waals surface area contributed by atoms with Crippen molar-refractivity contribution in [1.29, 1.82) is 0 Å². The lowest BCUT2D eigenvalue weighted by Gasteiger charge is -2.17. The molecule has 7 nitrogen and oxygen atoms in total. The zero-order valence-corrected chi connectivity index (χ0v) is 20.0. The second-order valence-electron chi connectivity index (χ2n) is 8.20. The van der Waals surface area contributed by atoms with Gasteiger partial charge < -0.3 is 9.84 Å². The van der Waals surface area contributed by atoms with Crippen molar-refractivity contribution in [1.82, 2.24) is 10.9 Å². The van der Waals surface area contributed by atoms with E-state index in [0.29, 0.717) is 15.6 Å². The van der Waals surface area contributed by atoms with Crippen molar-refractivity contribution in [2.75, 3.05) is 6.61 Å². The second-order valence-corrected chi connectivity index (χ2v) is 9.07. The van der Waals surface area contributed by atoms with E-state index in [1.54, 1.807) is 12.1 Å². The van der Waals surface area contributed by atoms with E-state index in [9.17, 15) is 19.5 Å². The average Bonchev–Trinajstić information content (AvgIpc) is 3.14. The SMILES string of the molecule is O=C(O)CC(CC(=O)NNC(=O)OCC1c2ccccc2-c2ccccc21)c1cc(Cl)cc(Cl)c1. The molecule has 4 rings (SSSR count). The summed E-state index contributed by atoms with van der Waals surface area (Å²) in [5.41, 5.74) is 9.38. The Labute approximate surface area is 212 Å². The van der Waals surface area contributed by atoms with Crippen LogP contribution in [0.3, 0.4) is 0 Å². The third kappa shape index (κ3) is 5.93. The van der Waals surface area contributed by atoms with E-state index in [1.807, 2.05) is 48.5 Å². The molecule has 0 radical (unpaired) electrons. The quantitative estimate of drug-likeness (QED) is 0.362. The maximum Gasteiger partial charge on any atom is 0.426 e. The van der Waals surface area contributed by atoms with Gasteiger partial charge in [0.25, 0.3) is 0 Å². The fraction of sp³-hybridized carbons (Fsp3) is 0.192. The van der Waals surface area contributed by atoms with E-state index >= 15 is 0 Å². The summed E-state index contributed by atoms with van der Waals surface area (Å²) in [6.45, 7) is 0.0956. The van der Waals surface area contributed by atoms with Crippen LogP contribution in [0, 0.1) is 0 Å². The van der Waals surface area contributed by atoms with Crippen molar-refractivity contribution in [3.63, 3.8) is 0 Å². The van der Waals surface area contributed by atoms with Crippen LogP contribution in [0.25, 0.3) is 11.1 Å². The normalized spacial score (nSPS) is 12.9. The number of halogens is 2. The summed E-state index contributed by atoms with van der Waals surface area (Å²) in [7, 11) is 0. The molecule has 9 heteroatoms. The Morgan fingerprint density at radius 1 is 0.857 bits per heavy atom. The molecular weight excluding hydrogens is 491 g/mol. The zero-order valence-electron chi connectivity index (χ0n) is 18.5. The Bertz CT molecular complexity index is 1210. The lowest BCUT2D eigenvalue weighted by molar-refractivity contribution is -0.137. The van der Waals surface area contributed by atoms with Gasteiger partial charge in [0.1, 0.15) is 6.61 Å². The Morgan fingerprint density at radius 3 is 2.00 bits per heavy atom. The van der Waals surface area contributed by atoms with Crippen LogP contribution in [0.4, 0.5) is 4.79 Å². The van der Waals surface area contributed by atoms with Crippen LogP contribution in [0.15, 0.2) is 66.7 Å². The number of carboxylic acids is 1. The number of carboxylic acid groups (broad SMARTS) is 1. The topological polar surface area (TPSA) is 105 Å². The highest BCUT2D eigenvalue weighted by Gasteiger charge is 2.29. The molecule has 1 aliphatic carbocycles. The van der Waals surface area contributed by atoms with Crippen molar-refractivity contribution in [3.8, 4) is 11.1 Å². The first kappa shape index (κ1) is 24.6. The third-order valence-electron chi connectivity index (χ3n) is 5.86. The summed E-state index contributed by atoms with van der Waals surface area (Å²) in [6, 6.07) is 20.6. The largest absolute Gasteiger partial charge is 0.481 e. The molecule has 0 aromatic heterocycles. The number of aliphatic carboxylic acids is 1. The molecule has 0 fully saturated rings. The van der Waals surface area contributed by atoms with Gasteiger partial charge >= 0.3 is 12.1 Å². The molecule has 0 spiro atoms. The van der Waals surface area contributed by atoms with Crippen molar-refractivity contribution in [3.05, 3.63) is 93.5 Å². The van der Waals surface area contributed by atoms with Gasteiger partial charge in [0.05, 0.1) is 6.42 Å². The van der Waals surface area contributed by atoms with Crippen LogP contribution in [-0.4, -0.2) is 29.7 Å². The van der Waals surface area contributed by atoms with E-state index < -0.39 is 23.9 Å². The van der Waals surface area contributed by atoms with Crippen molar-refractivity contribution in [2.45, 2.75) is 24.7 Å². The number of carbonyl (C=O) groups excluding carboxylic acids is 2. The lowest BCUT2D eigenvalue weighted by Crippen LogP contribution is -2.42. The minimum atomic E-state index is -1.08. The molecular formula is C26H22Cl2N2O5. The van der Waals surface area contributed by atoms with Gasteiger partial charge in [-0.2, -0.15) is 0 Å². The van der Waals surface area contributed by atoms with Gasteiger partial charge in [0.15, 0.2) is 0 Å². The number of ether oxygens (including phenoxy) is 1. The number of rotatable bonds is 7. The molecule has 3 aromatic carbocycles. The molecule has 0 aliphatic heterocycles. The van der Waals surface area contributed by atoms with Gasteiger partial charge in [-0.25, -0.2) is 10.2 Å². The fourth-order valence-electron chi connectivity index (χ4n) is 4.36. The van der Waals surface area contributed by atoms with Crippen LogP contribution < -0.4 is 10.9 Å². The van der Waals surface area contributed by atoms with Crippen LogP contribution >= 0.6 is 23.2 Å². The highest BCUT2D eigenvalue weighted by molar-refractivity contribution is 6.34. The smallest absolute Gasteiger partial charge is 0.426 e. The van der Waals surface area contributed by atoms with E-state index in [2.05, 4.69) is 10.9 Å². The highest BCUT2D eigenvalue weighted by atomic mass is 35.5. The molecule has 0 saturated heterocycles. The number of amides is 2. The zero-order chi connectivity index (χ0) is 24.9. The molecule has 0 bridgehead atoms. The predicted molar refractivity (Wildman–Crippen MR) is 132 cm³/mol. The maximum atomic E-state index is 12.4. The highest BCUT2D eigenvalue weighted by Crippen LogP contribution is 2.44. The van der Waals surface area contributed by atoms with Gasteiger partial charge in [-0.1, -0.05) is 71.7 Å². The number of nitrogens with one attached hydrogen (secondary N) is 2. The minimum Gasteiger partial charge on any atom is -0.481 e. The van der Waals surface area contributed by atoms with Crippen molar-refractivity contribution in [2.24, 2.45) is 0 Å². The van der Waals surface area contributed by atoms with Gasteiger partial charge in [-0.3, -0.25) is 15.0 Å². The number of hydrogen-bond acceptors (Lipinski definition) is 4. The number of fused-ring (bicyclic) bond motifs is 3. The summed E-state index contributed by atoms with van der Waals surface area (Å²) >= 11 is 12.0. The molecule has 3 aromatic rings. The van der Waals surface area contributed by atoms with Crippen molar-refractivity contribution < 1.29 is 24.2 Å². The Hall–Kier alpha value is -3.55. The van der Waals surface area contributed by atoms with Gasteiger partial charge in [0, 0.05) is 28.3 Å². The van der Waals surface area contributed by atoms with Crippen LogP contribution in [0.2, 0.25) is 10.0 Å². The molecule has 2 amide bonds. The number of hydrazine groups is 1. The van der Waals surface area contributed by atoms with Gasteiger partial charge in [-0.05, 0) is 46.0 Å². The molecule has 3 N–H and O–H groups in total. The molecule has 0 saturated carbocycles. The summed E-state index contributed by atoms with van der Waals surface area (Å²) in [4.78, 5) is 36.0. The second kappa shape index (κ2) is 10.8. The van der Waals surface area contributed by atoms with Crippen LogP contribution in [-0.2, 0) is 14.3 Å². The number of benzene rings is 3. The number of hydrogen-bond donors (Lipinski definition) is 3. The molecule has 35 heavy (non-hydrogen) atoms. The minimum absolute atomic E-state index is 0.0956. The van der Waals surface area contributed by atoms with Gasteiger partial charge in [0.2, 0.25) is 5.91 Å². The Morgan fingerprint density at radius 2 is 1.43 bits per heavy atom. The third-order valence-corrected chi connectivity index (χ3v) is 6.29. The first-order valence-electron chi connectivity index (χ1n) is 10.9. The molecule has 0 heterocycles. The standard InChI is InChI=1S/C26H22Cl2N2O5/c27-17-9-15(10-18(28)13-17)16(12-25(32)33)11-24(31)29-30-26(34)35-14-23-21-7-3-1-5-19(21)20-6-2-4-8-22(20)23/h1-10,13,16,23H,11-12,14H2,(H,29,31)(H,30,34)(H,32,33). The first-order valence-corrected chi connectivity index (χ1v) is 11.6. The van der Waals surface area contributed by atoms with Gasteiger partial charge in [-0.15, -0.1) is 0 Å². The van der Waals surface area contributed by atoms with Crippen LogP contribution in [0.5, 0.6) is 0 Å². The summed E-state index contributed by atoms with van der Waals surface area (Å²) in [5.74, 6) is -2.46. The van der Waals surface area contributed by atoms with E-state index in [0.717, 1.165) is 22.3 Å². The maximum absolute atomic E-state index is 12.4. The fourth-order valence-corrected chi connectivity index (χ4v) is 4.90. The first-order chi connectivity index (χ1) is 16.8. The average molecular weight is 513 g/mol. The Kier molecular flexibility index (Phi) is 7.58. The summed E-state index contributed by atoms with van der Waals surface area (Å²) in [5, 5.41) is 9.91. The van der Waals surface area contributed by atoms with Crippen molar-refractivity contribution >= 4 is 41.2 Å². The molecule has 1 aliphatic rings. The number of carbonyl (C=O) groups is 3. The predicted octanol–water partition coefficient (Wildman–Crippen LogP) is 5.51. The van der Waals surface area contributed by atoms with E-state index in [4.69, 9.17) is 27.9 Å².